The molecule has 2 amide bonds. The van der Waals surface area contributed by atoms with E-state index in [1.165, 1.54) is 4.90 Å². The zero-order valence-corrected chi connectivity index (χ0v) is 15.4. The van der Waals surface area contributed by atoms with E-state index < -0.39 is 42.0 Å². The van der Waals surface area contributed by atoms with Crippen molar-refractivity contribution in [2.24, 2.45) is 11.8 Å². The molecule has 0 aromatic rings. The first-order valence-corrected chi connectivity index (χ1v) is 9.50. The number of nitrogens with zero attached hydrogens (tertiary/aromatic N) is 2. The number of carbonyl (C=O) groups is 2. The van der Waals surface area contributed by atoms with Gasteiger partial charge in [0.1, 0.15) is 12.2 Å². The van der Waals surface area contributed by atoms with Gasteiger partial charge in [0.25, 0.3) is 5.91 Å². The molecule has 27 heavy (non-hydrogen) atoms. The molecular weight excluding hydrogens is 392 g/mol. The lowest BCUT2D eigenvalue weighted by molar-refractivity contribution is -0.204. The van der Waals surface area contributed by atoms with E-state index >= 15 is 0 Å². The maximum absolute atomic E-state index is 13.5. The summed E-state index contributed by atoms with van der Waals surface area (Å²) in [6, 6.07) is -0.663. The molecule has 0 radical (unpaired) electrons. The number of alkyl halides is 5. The van der Waals surface area contributed by atoms with Crippen LogP contribution in [0.4, 0.5) is 17.6 Å². The van der Waals surface area contributed by atoms with Crippen LogP contribution in [0.25, 0.3) is 0 Å². The van der Waals surface area contributed by atoms with Crippen molar-refractivity contribution in [2.75, 3.05) is 32.7 Å². The Morgan fingerprint density at radius 1 is 1.19 bits per heavy atom. The van der Waals surface area contributed by atoms with Crippen molar-refractivity contribution in [1.29, 1.82) is 0 Å². The van der Waals surface area contributed by atoms with Gasteiger partial charge in [-0.25, -0.2) is 9.82 Å². The van der Waals surface area contributed by atoms with Gasteiger partial charge in [-0.15, -0.1) is 11.6 Å². The predicted molar refractivity (Wildman–Crippen MR) is 89.5 cm³/mol. The van der Waals surface area contributed by atoms with Gasteiger partial charge < -0.3 is 4.90 Å². The normalized spacial score (nSPS) is 36.6. The second-order valence-electron chi connectivity index (χ2n) is 7.46. The topological polar surface area (TPSA) is 64.7 Å². The van der Waals surface area contributed by atoms with Gasteiger partial charge in [0.05, 0.1) is 17.8 Å². The van der Waals surface area contributed by atoms with Crippen LogP contribution in [0.15, 0.2) is 0 Å². The van der Waals surface area contributed by atoms with Gasteiger partial charge in [-0.05, 0) is 25.2 Å². The van der Waals surface area contributed by atoms with Crippen molar-refractivity contribution in [1.82, 2.24) is 20.7 Å². The fourth-order valence-corrected chi connectivity index (χ4v) is 4.57. The number of amides is 2. The monoisotopic (exact) mass is 414 g/mol. The van der Waals surface area contributed by atoms with Crippen molar-refractivity contribution in [3.05, 3.63) is 0 Å². The average Bonchev–Trinajstić information content (AvgIpc) is 2.57. The molecule has 5 atom stereocenters. The van der Waals surface area contributed by atoms with E-state index in [2.05, 4.69) is 10.9 Å². The number of hydrazine groups is 1. The van der Waals surface area contributed by atoms with Gasteiger partial charge in [0, 0.05) is 26.2 Å². The third-order valence-electron chi connectivity index (χ3n) is 5.67. The molecule has 2 saturated heterocycles. The molecule has 0 bridgehead atoms. The molecule has 3 fully saturated rings. The summed E-state index contributed by atoms with van der Waals surface area (Å²) < 4.78 is 53.3. The molecule has 2 N–H and O–H groups in total. The highest BCUT2D eigenvalue weighted by atomic mass is 35.5. The molecule has 0 aromatic heterocycles. The number of piperazine rings is 1. The summed E-state index contributed by atoms with van der Waals surface area (Å²) in [5.41, 5.74) is 5.14. The lowest BCUT2D eigenvalue weighted by Gasteiger charge is -2.43. The van der Waals surface area contributed by atoms with Crippen LogP contribution in [0.1, 0.15) is 19.3 Å². The van der Waals surface area contributed by atoms with E-state index in [9.17, 15) is 27.2 Å². The number of halogens is 5. The second kappa shape index (κ2) is 8.08. The molecule has 3 rings (SSSR count). The molecule has 6 nitrogen and oxygen atoms in total. The first-order valence-electron chi connectivity index (χ1n) is 9.06. The van der Waals surface area contributed by atoms with E-state index in [4.69, 9.17) is 11.6 Å². The van der Waals surface area contributed by atoms with Crippen LogP contribution in [0.5, 0.6) is 0 Å². The molecule has 1 aliphatic carbocycles. The molecule has 2 heterocycles. The van der Waals surface area contributed by atoms with E-state index in [1.807, 2.05) is 0 Å². The summed E-state index contributed by atoms with van der Waals surface area (Å²) >= 11 is 6.18. The SMILES string of the molecule is O=C1NNCC(Cl)C1N1CCN(CC2CCC(F)CC2C(F)(F)F)C(=O)C1. The van der Waals surface area contributed by atoms with Crippen LogP contribution < -0.4 is 10.9 Å². The Balaban J connectivity index is 1.61. The van der Waals surface area contributed by atoms with Crippen LogP contribution >= 0.6 is 11.6 Å². The molecule has 1 saturated carbocycles. The van der Waals surface area contributed by atoms with Crippen molar-refractivity contribution in [2.45, 2.75) is 43.0 Å². The van der Waals surface area contributed by atoms with Crippen molar-refractivity contribution < 1.29 is 27.2 Å². The average molecular weight is 415 g/mol. The zero-order chi connectivity index (χ0) is 19.8. The van der Waals surface area contributed by atoms with E-state index in [0.717, 1.165) is 0 Å². The van der Waals surface area contributed by atoms with Crippen LogP contribution in [-0.2, 0) is 9.59 Å². The highest BCUT2D eigenvalue weighted by Gasteiger charge is 2.49. The largest absolute Gasteiger partial charge is 0.392 e. The van der Waals surface area contributed by atoms with Gasteiger partial charge in [0.15, 0.2) is 0 Å². The zero-order valence-electron chi connectivity index (χ0n) is 14.6. The molecule has 0 spiro atoms. The summed E-state index contributed by atoms with van der Waals surface area (Å²) in [6.45, 7) is 0.816. The van der Waals surface area contributed by atoms with Crippen molar-refractivity contribution in [3.8, 4) is 0 Å². The van der Waals surface area contributed by atoms with Gasteiger partial charge in [-0.3, -0.25) is 19.9 Å². The smallest absolute Gasteiger partial charge is 0.340 e. The predicted octanol–water partition coefficient (Wildman–Crippen LogP) is 1.06. The molecular formula is C16H23ClF4N4O2. The Bertz CT molecular complexity index is 579. The number of hydrogen-bond acceptors (Lipinski definition) is 4. The molecule has 3 aliphatic rings. The summed E-state index contributed by atoms with van der Waals surface area (Å²) in [7, 11) is 0. The van der Waals surface area contributed by atoms with Crippen LogP contribution in [-0.4, -0.2) is 78.1 Å². The lowest BCUT2D eigenvalue weighted by Crippen LogP contribution is -2.66. The van der Waals surface area contributed by atoms with E-state index in [-0.39, 0.29) is 44.3 Å². The van der Waals surface area contributed by atoms with Gasteiger partial charge in [0.2, 0.25) is 5.91 Å². The summed E-state index contributed by atoms with van der Waals surface area (Å²) in [6.07, 6.45) is -6.25. The number of rotatable bonds is 3. The molecule has 5 unspecified atom stereocenters. The third-order valence-corrected chi connectivity index (χ3v) is 6.06. The van der Waals surface area contributed by atoms with E-state index in [0.29, 0.717) is 13.1 Å². The van der Waals surface area contributed by atoms with Crippen LogP contribution in [0, 0.1) is 11.8 Å². The Morgan fingerprint density at radius 2 is 1.93 bits per heavy atom. The van der Waals surface area contributed by atoms with Crippen LogP contribution in [0.2, 0.25) is 0 Å². The van der Waals surface area contributed by atoms with Gasteiger partial charge in [-0.1, -0.05) is 0 Å². The van der Waals surface area contributed by atoms with E-state index in [1.54, 1.807) is 4.90 Å². The Kier molecular flexibility index (Phi) is 6.17. The minimum absolute atomic E-state index is 0.0354. The molecule has 2 aliphatic heterocycles. The minimum atomic E-state index is -4.47. The highest BCUT2D eigenvalue weighted by molar-refractivity contribution is 6.23. The number of nitrogens with one attached hydrogen (secondary N) is 2. The molecule has 154 valence electrons. The van der Waals surface area contributed by atoms with Crippen LogP contribution in [0.3, 0.4) is 0 Å². The summed E-state index contributed by atoms with van der Waals surface area (Å²) in [4.78, 5) is 27.6. The fourth-order valence-electron chi connectivity index (χ4n) is 4.22. The standard InChI is InChI=1S/C16H23ClF4N4O2/c17-12-6-22-23-15(27)14(12)25-4-3-24(13(26)8-25)7-9-1-2-10(18)5-11(9)16(19,20)21/h9-12,14,22H,1-8H2,(H,23,27). The minimum Gasteiger partial charge on any atom is -0.340 e. The quantitative estimate of drug-likeness (QED) is 0.535. The number of hydrogen-bond donors (Lipinski definition) is 2. The Morgan fingerprint density at radius 3 is 2.56 bits per heavy atom. The Hall–Kier alpha value is -1.13. The summed E-state index contributed by atoms with van der Waals surface area (Å²) in [5, 5.41) is -0.507. The van der Waals surface area contributed by atoms with Gasteiger partial charge >= 0.3 is 6.18 Å². The Labute approximate surface area is 159 Å². The number of carbonyl (C=O) groups excluding carboxylic acids is 2. The van der Waals surface area contributed by atoms with Crippen molar-refractivity contribution >= 4 is 23.4 Å². The third kappa shape index (κ3) is 4.65. The molecule has 0 aromatic carbocycles. The first kappa shape index (κ1) is 20.6. The summed E-state index contributed by atoms with van der Waals surface area (Å²) in [5.74, 6) is -3.19. The highest BCUT2D eigenvalue weighted by Crippen LogP contribution is 2.42. The van der Waals surface area contributed by atoms with Crippen molar-refractivity contribution in [3.63, 3.8) is 0 Å². The van der Waals surface area contributed by atoms with Gasteiger partial charge in [-0.2, -0.15) is 13.2 Å². The fraction of sp³-hybridized carbons (Fsp3) is 0.875. The first-order chi connectivity index (χ1) is 12.7. The maximum atomic E-state index is 13.5. The molecule has 11 heteroatoms. The lowest BCUT2D eigenvalue weighted by atomic mass is 9.77. The second-order valence-corrected chi connectivity index (χ2v) is 8.02. The maximum Gasteiger partial charge on any atom is 0.392 e.